The molecule has 0 saturated heterocycles. The zero-order valence-electron chi connectivity index (χ0n) is 22.2. The Labute approximate surface area is 221 Å². The summed E-state index contributed by atoms with van der Waals surface area (Å²) in [6.45, 7) is 10.0. The highest BCUT2D eigenvalue weighted by molar-refractivity contribution is 8.13. The van der Waals surface area contributed by atoms with Crippen LogP contribution in [0.5, 0.6) is 11.5 Å². The maximum absolute atomic E-state index is 12.2. The van der Waals surface area contributed by atoms with E-state index in [0.29, 0.717) is 30.8 Å². The molecule has 3 aromatic rings. The molecular weight excluding hydrogens is 492 g/mol. The zero-order chi connectivity index (χ0) is 26.1. The summed E-state index contributed by atoms with van der Waals surface area (Å²) in [7, 11) is 1.86. The lowest BCUT2D eigenvalue weighted by molar-refractivity contribution is 0.234. The Morgan fingerprint density at radius 2 is 1.19 bits per heavy atom. The first-order chi connectivity index (χ1) is 17.3. The molecular formula is C30H41ClO4S. The van der Waals surface area contributed by atoms with Gasteiger partial charge in [-0.25, -0.2) is 8.42 Å². The molecule has 0 spiro atoms. The van der Waals surface area contributed by atoms with Gasteiger partial charge in [-0.1, -0.05) is 90.5 Å². The quantitative estimate of drug-likeness (QED) is 0.145. The summed E-state index contributed by atoms with van der Waals surface area (Å²) in [5.41, 5.74) is 0. The Hall–Kier alpha value is -1.98. The fourth-order valence-corrected chi connectivity index (χ4v) is 5.52. The maximum atomic E-state index is 12.2. The summed E-state index contributed by atoms with van der Waals surface area (Å²) in [5.74, 6) is 2.39. The highest BCUT2D eigenvalue weighted by Gasteiger charge is 2.21. The Morgan fingerprint density at radius 3 is 1.64 bits per heavy atom. The smallest absolute Gasteiger partial charge is 0.261 e. The average molecular weight is 533 g/mol. The van der Waals surface area contributed by atoms with Gasteiger partial charge < -0.3 is 9.47 Å². The SMILES string of the molecule is CCCCC(CC)COc1c2ccccc2c(OCC(CC)CCCC)c2cc(S(=O)(=O)Cl)ccc12. The monoisotopic (exact) mass is 532 g/mol. The van der Waals surface area contributed by atoms with Crippen LogP contribution in [0, 0.1) is 11.8 Å². The van der Waals surface area contributed by atoms with Gasteiger partial charge in [-0.05, 0) is 42.9 Å². The summed E-state index contributed by atoms with van der Waals surface area (Å²) in [6, 6.07) is 13.1. The molecule has 0 aliphatic rings. The molecule has 0 aliphatic heterocycles. The summed E-state index contributed by atoms with van der Waals surface area (Å²) in [4.78, 5) is 0.0650. The Morgan fingerprint density at radius 1 is 0.722 bits per heavy atom. The van der Waals surface area contributed by atoms with Crippen LogP contribution in [0.3, 0.4) is 0 Å². The fraction of sp³-hybridized carbons (Fsp3) is 0.533. The second-order valence-electron chi connectivity index (χ2n) is 9.80. The second kappa shape index (κ2) is 13.5. The van der Waals surface area contributed by atoms with Crippen molar-refractivity contribution in [1.82, 2.24) is 0 Å². The van der Waals surface area contributed by atoms with Gasteiger partial charge in [0.15, 0.2) is 0 Å². The van der Waals surface area contributed by atoms with E-state index in [2.05, 4.69) is 33.8 Å². The summed E-state index contributed by atoms with van der Waals surface area (Å²) in [6.07, 6.45) is 9.02. The number of fused-ring (bicyclic) bond motifs is 2. The van der Waals surface area contributed by atoms with E-state index in [9.17, 15) is 8.42 Å². The third-order valence-corrected chi connectivity index (χ3v) is 8.54. The van der Waals surface area contributed by atoms with Gasteiger partial charge in [0.25, 0.3) is 9.05 Å². The Bertz CT molecular complexity index is 1240. The van der Waals surface area contributed by atoms with Crippen molar-refractivity contribution >= 4 is 41.3 Å². The molecule has 0 fully saturated rings. The number of halogens is 1. The first-order valence-corrected chi connectivity index (χ1v) is 15.8. The van der Waals surface area contributed by atoms with E-state index in [4.69, 9.17) is 20.2 Å². The Balaban J connectivity index is 2.13. The zero-order valence-corrected chi connectivity index (χ0v) is 23.8. The van der Waals surface area contributed by atoms with Gasteiger partial charge in [0, 0.05) is 32.2 Å². The molecule has 2 atom stereocenters. The minimum Gasteiger partial charge on any atom is -0.492 e. The molecule has 2 unspecified atom stereocenters. The average Bonchev–Trinajstić information content (AvgIpc) is 2.88. The van der Waals surface area contributed by atoms with Crippen LogP contribution >= 0.6 is 10.7 Å². The van der Waals surface area contributed by atoms with Gasteiger partial charge in [0.05, 0.1) is 18.1 Å². The van der Waals surface area contributed by atoms with Crippen molar-refractivity contribution in [2.24, 2.45) is 11.8 Å². The first kappa shape index (κ1) is 28.6. The number of hydrogen-bond acceptors (Lipinski definition) is 4. The van der Waals surface area contributed by atoms with Gasteiger partial charge in [0.2, 0.25) is 0 Å². The number of benzene rings is 3. The summed E-state index contributed by atoms with van der Waals surface area (Å²) < 4.78 is 37.5. The van der Waals surface area contributed by atoms with Crippen molar-refractivity contribution in [2.75, 3.05) is 13.2 Å². The molecule has 0 aliphatic carbocycles. The molecule has 6 heteroatoms. The molecule has 36 heavy (non-hydrogen) atoms. The standard InChI is InChI=1S/C30H41ClO4S/c1-5-9-13-22(7-3)20-34-29-25-15-11-12-16-26(25)30(35-21-23(8-4)14-10-6-2)28-19-24(36(31,32)33)17-18-27(28)29/h11-12,15-19,22-23H,5-10,13-14,20-21H2,1-4H3. The normalized spacial score (nSPS) is 13.7. The van der Waals surface area contributed by atoms with E-state index >= 15 is 0 Å². The minimum atomic E-state index is -3.89. The van der Waals surface area contributed by atoms with E-state index < -0.39 is 9.05 Å². The van der Waals surface area contributed by atoms with Crippen LogP contribution in [-0.2, 0) is 9.05 Å². The van der Waals surface area contributed by atoms with E-state index in [1.807, 2.05) is 18.2 Å². The first-order valence-electron chi connectivity index (χ1n) is 13.5. The highest BCUT2D eigenvalue weighted by Crippen LogP contribution is 2.44. The lowest BCUT2D eigenvalue weighted by atomic mass is 9.98. The van der Waals surface area contributed by atoms with Crippen molar-refractivity contribution in [3.63, 3.8) is 0 Å². The molecule has 3 rings (SSSR count). The van der Waals surface area contributed by atoms with Crippen molar-refractivity contribution in [3.05, 3.63) is 42.5 Å². The molecule has 0 radical (unpaired) electrons. The molecule has 0 aromatic heterocycles. The van der Waals surface area contributed by atoms with Crippen molar-refractivity contribution in [1.29, 1.82) is 0 Å². The largest absolute Gasteiger partial charge is 0.492 e. The van der Waals surface area contributed by atoms with E-state index in [0.717, 1.165) is 59.4 Å². The molecule has 0 bridgehead atoms. The molecule has 4 nitrogen and oxygen atoms in total. The molecule has 0 heterocycles. The van der Waals surface area contributed by atoms with Gasteiger partial charge in [0.1, 0.15) is 11.5 Å². The highest BCUT2D eigenvalue weighted by atomic mass is 35.7. The maximum Gasteiger partial charge on any atom is 0.261 e. The van der Waals surface area contributed by atoms with Gasteiger partial charge >= 0.3 is 0 Å². The summed E-state index contributed by atoms with van der Waals surface area (Å²) >= 11 is 0. The fourth-order valence-electron chi connectivity index (χ4n) is 4.74. The predicted molar refractivity (Wildman–Crippen MR) is 152 cm³/mol. The van der Waals surface area contributed by atoms with Crippen LogP contribution in [0.15, 0.2) is 47.4 Å². The van der Waals surface area contributed by atoms with Crippen molar-refractivity contribution < 1.29 is 17.9 Å². The van der Waals surface area contributed by atoms with Crippen LogP contribution in [0.2, 0.25) is 0 Å². The van der Waals surface area contributed by atoms with Crippen LogP contribution in [0.1, 0.15) is 79.1 Å². The third-order valence-electron chi connectivity index (χ3n) is 7.19. The number of unbranched alkanes of at least 4 members (excludes halogenated alkanes) is 2. The number of ether oxygens (including phenoxy) is 2. The second-order valence-corrected chi connectivity index (χ2v) is 12.4. The minimum absolute atomic E-state index is 0.0650. The Kier molecular flexibility index (Phi) is 10.7. The number of rotatable bonds is 15. The van der Waals surface area contributed by atoms with Crippen LogP contribution in [0.4, 0.5) is 0 Å². The lowest BCUT2D eigenvalue weighted by Crippen LogP contribution is -2.13. The van der Waals surface area contributed by atoms with Gasteiger partial charge in [-0.3, -0.25) is 0 Å². The predicted octanol–water partition coefficient (Wildman–Crippen LogP) is 9.11. The topological polar surface area (TPSA) is 52.6 Å². The van der Waals surface area contributed by atoms with Crippen LogP contribution in [0.25, 0.3) is 21.5 Å². The van der Waals surface area contributed by atoms with Gasteiger partial charge in [-0.15, -0.1) is 0 Å². The number of hydrogen-bond donors (Lipinski definition) is 0. The van der Waals surface area contributed by atoms with Crippen molar-refractivity contribution in [3.8, 4) is 11.5 Å². The molecule has 0 amide bonds. The molecule has 3 aromatic carbocycles. The summed E-state index contributed by atoms with van der Waals surface area (Å²) in [5, 5.41) is 3.47. The van der Waals surface area contributed by atoms with E-state index in [1.54, 1.807) is 18.2 Å². The molecule has 0 saturated carbocycles. The molecule has 198 valence electrons. The lowest BCUT2D eigenvalue weighted by Gasteiger charge is -2.22. The van der Waals surface area contributed by atoms with Crippen LogP contribution < -0.4 is 9.47 Å². The van der Waals surface area contributed by atoms with E-state index in [-0.39, 0.29) is 4.90 Å². The third kappa shape index (κ3) is 7.07. The van der Waals surface area contributed by atoms with Crippen LogP contribution in [-0.4, -0.2) is 21.6 Å². The molecule has 0 N–H and O–H groups in total. The van der Waals surface area contributed by atoms with Crippen molar-refractivity contribution in [2.45, 2.75) is 84.0 Å². The van der Waals surface area contributed by atoms with Gasteiger partial charge in [-0.2, -0.15) is 0 Å². The van der Waals surface area contributed by atoms with E-state index in [1.165, 1.54) is 19.3 Å².